The Balaban J connectivity index is 1.90. The summed E-state index contributed by atoms with van der Waals surface area (Å²) in [6.07, 6.45) is 1.64. The maximum Gasteiger partial charge on any atom is 0.234 e. The van der Waals surface area contributed by atoms with Crippen molar-refractivity contribution < 1.29 is 4.79 Å². The Kier molecular flexibility index (Phi) is 4.87. The average molecular weight is 308 g/mol. The van der Waals surface area contributed by atoms with Crippen LogP contribution in [-0.4, -0.2) is 16.6 Å². The first-order chi connectivity index (χ1) is 9.54. The van der Waals surface area contributed by atoms with Gasteiger partial charge < -0.3 is 11.1 Å². The number of amides is 1. The Bertz CT molecular complexity index is 616. The smallest absolute Gasteiger partial charge is 0.234 e. The van der Waals surface area contributed by atoms with Gasteiger partial charge in [-0.05, 0) is 36.8 Å². The van der Waals surface area contributed by atoms with Crippen molar-refractivity contribution in [1.82, 2.24) is 4.98 Å². The van der Waals surface area contributed by atoms with Crippen molar-refractivity contribution in [3.8, 4) is 0 Å². The second-order valence-electron chi connectivity index (χ2n) is 4.24. The highest BCUT2D eigenvalue weighted by atomic mass is 35.5. The van der Waals surface area contributed by atoms with Crippen molar-refractivity contribution >= 4 is 40.8 Å². The molecule has 104 valence electrons. The lowest BCUT2D eigenvalue weighted by molar-refractivity contribution is -0.113. The number of thioether (sulfide) groups is 1. The monoisotopic (exact) mass is 307 g/mol. The van der Waals surface area contributed by atoms with E-state index in [0.717, 1.165) is 10.5 Å². The van der Waals surface area contributed by atoms with E-state index in [1.807, 2.05) is 25.1 Å². The van der Waals surface area contributed by atoms with Crippen LogP contribution in [0, 0.1) is 6.92 Å². The van der Waals surface area contributed by atoms with Crippen LogP contribution < -0.4 is 11.1 Å². The molecule has 2 rings (SSSR count). The van der Waals surface area contributed by atoms with Gasteiger partial charge in [0.15, 0.2) is 0 Å². The van der Waals surface area contributed by atoms with Crippen molar-refractivity contribution in [2.75, 3.05) is 16.8 Å². The zero-order valence-electron chi connectivity index (χ0n) is 10.9. The highest BCUT2D eigenvalue weighted by molar-refractivity contribution is 8.00. The molecule has 1 aromatic carbocycles. The highest BCUT2D eigenvalue weighted by Gasteiger charge is 2.07. The van der Waals surface area contributed by atoms with E-state index < -0.39 is 0 Å². The molecule has 2 aromatic rings. The van der Waals surface area contributed by atoms with Crippen LogP contribution in [-0.2, 0) is 4.79 Å². The third-order valence-electron chi connectivity index (χ3n) is 2.53. The van der Waals surface area contributed by atoms with Crippen LogP contribution in [0.25, 0.3) is 0 Å². The maximum absolute atomic E-state index is 11.9. The summed E-state index contributed by atoms with van der Waals surface area (Å²) in [5.74, 6) is 0.637. The minimum atomic E-state index is -0.113. The van der Waals surface area contributed by atoms with E-state index >= 15 is 0 Å². The molecule has 20 heavy (non-hydrogen) atoms. The van der Waals surface area contributed by atoms with Crippen molar-refractivity contribution in [3.05, 3.63) is 47.1 Å². The number of halogens is 1. The van der Waals surface area contributed by atoms with Crippen LogP contribution in [0.1, 0.15) is 5.56 Å². The van der Waals surface area contributed by atoms with Gasteiger partial charge in [-0.2, -0.15) is 0 Å². The summed E-state index contributed by atoms with van der Waals surface area (Å²) in [7, 11) is 0. The molecule has 1 amide bonds. The molecule has 0 aliphatic rings. The molecule has 1 heterocycles. The summed E-state index contributed by atoms with van der Waals surface area (Å²) in [6, 6.07) is 9.05. The summed E-state index contributed by atoms with van der Waals surface area (Å²) in [5, 5.41) is 3.32. The fourth-order valence-electron chi connectivity index (χ4n) is 1.53. The van der Waals surface area contributed by atoms with Crippen LogP contribution in [0.15, 0.2) is 41.4 Å². The van der Waals surface area contributed by atoms with Gasteiger partial charge >= 0.3 is 0 Å². The number of pyridine rings is 1. The maximum atomic E-state index is 11.9. The van der Waals surface area contributed by atoms with Gasteiger partial charge in [0.1, 0.15) is 5.82 Å². The molecule has 0 spiro atoms. The van der Waals surface area contributed by atoms with Gasteiger partial charge in [0.25, 0.3) is 0 Å². The van der Waals surface area contributed by atoms with E-state index in [-0.39, 0.29) is 11.7 Å². The van der Waals surface area contributed by atoms with Crippen molar-refractivity contribution in [2.24, 2.45) is 0 Å². The van der Waals surface area contributed by atoms with Gasteiger partial charge in [0, 0.05) is 11.1 Å². The first kappa shape index (κ1) is 14.7. The summed E-state index contributed by atoms with van der Waals surface area (Å²) >= 11 is 7.46. The number of nitrogens with one attached hydrogen (secondary N) is 1. The third kappa shape index (κ3) is 4.15. The molecule has 4 nitrogen and oxygen atoms in total. The van der Waals surface area contributed by atoms with Gasteiger partial charge in [-0.1, -0.05) is 17.7 Å². The minimum absolute atomic E-state index is 0.113. The Labute approximate surface area is 126 Å². The fourth-order valence-corrected chi connectivity index (χ4v) is 2.48. The lowest BCUT2D eigenvalue weighted by atomic mass is 10.2. The van der Waals surface area contributed by atoms with Crippen LogP contribution in [0.5, 0.6) is 0 Å². The van der Waals surface area contributed by atoms with E-state index in [2.05, 4.69) is 10.3 Å². The quantitative estimate of drug-likeness (QED) is 0.850. The molecule has 0 aliphatic carbocycles. The van der Waals surface area contributed by atoms with E-state index in [9.17, 15) is 4.79 Å². The number of anilines is 2. The molecule has 3 N–H and O–H groups in total. The highest BCUT2D eigenvalue weighted by Crippen LogP contribution is 2.23. The van der Waals surface area contributed by atoms with Crippen LogP contribution in [0.2, 0.25) is 5.02 Å². The zero-order chi connectivity index (χ0) is 14.5. The molecule has 0 saturated carbocycles. The van der Waals surface area contributed by atoms with E-state index in [1.54, 1.807) is 18.3 Å². The fraction of sp³-hybridized carbons (Fsp3) is 0.143. The average Bonchev–Trinajstić information content (AvgIpc) is 2.41. The van der Waals surface area contributed by atoms with Crippen LogP contribution in [0.4, 0.5) is 11.5 Å². The molecule has 0 unspecified atom stereocenters. The summed E-state index contributed by atoms with van der Waals surface area (Å²) in [4.78, 5) is 16.7. The summed E-state index contributed by atoms with van der Waals surface area (Å²) < 4.78 is 0. The first-order valence-corrected chi connectivity index (χ1v) is 7.31. The molecular weight excluding hydrogens is 294 g/mol. The predicted octanol–water partition coefficient (Wildman–Crippen LogP) is 3.36. The normalized spacial score (nSPS) is 10.3. The van der Waals surface area contributed by atoms with Gasteiger partial charge in [0.2, 0.25) is 5.91 Å². The second kappa shape index (κ2) is 6.63. The molecule has 0 bridgehead atoms. The summed E-state index contributed by atoms with van der Waals surface area (Å²) in [5.41, 5.74) is 7.17. The Hall–Kier alpha value is -1.72. The number of rotatable bonds is 4. The molecule has 0 saturated heterocycles. The number of carbonyl (C=O) groups is 1. The molecule has 0 radical (unpaired) electrons. The number of nitrogens with two attached hydrogens (primary N) is 1. The van der Waals surface area contributed by atoms with E-state index in [0.29, 0.717) is 16.5 Å². The SMILES string of the molecule is Cc1ccc(NC(=O)CSc2ccc(N)nc2)c(Cl)c1. The molecular formula is C14H14ClN3OS. The van der Waals surface area contributed by atoms with Crippen molar-refractivity contribution in [3.63, 3.8) is 0 Å². The van der Waals surface area contributed by atoms with Gasteiger partial charge in [-0.25, -0.2) is 4.98 Å². The topological polar surface area (TPSA) is 68.0 Å². The number of nitrogens with zero attached hydrogens (tertiary/aromatic N) is 1. The van der Waals surface area contributed by atoms with Gasteiger partial charge in [-0.15, -0.1) is 11.8 Å². The molecule has 0 fully saturated rings. The predicted molar refractivity (Wildman–Crippen MR) is 84.2 cm³/mol. The molecule has 0 atom stereocenters. The second-order valence-corrected chi connectivity index (χ2v) is 5.69. The number of aryl methyl sites for hydroxylation is 1. The van der Waals surface area contributed by atoms with Gasteiger partial charge in [0.05, 0.1) is 16.5 Å². The Morgan fingerprint density at radius 3 is 2.85 bits per heavy atom. The minimum Gasteiger partial charge on any atom is -0.384 e. The number of carbonyl (C=O) groups excluding carboxylic acids is 1. The van der Waals surface area contributed by atoms with Crippen LogP contribution >= 0.6 is 23.4 Å². The molecule has 6 heteroatoms. The zero-order valence-corrected chi connectivity index (χ0v) is 12.5. The van der Waals surface area contributed by atoms with Crippen LogP contribution in [0.3, 0.4) is 0 Å². The Morgan fingerprint density at radius 2 is 2.20 bits per heavy atom. The lowest BCUT2D eigenvalue weighted by Gasteiger charge is -2.07. The largest absolute Gasteiger partial charge is 0.384 e. The number of benzene rings is 1. The van der Waals surface area contributed by atoms with Crippen molar-refractivity contribution in [2.45, 2.75) is 11.8 Å². The molecule has 1 aromatic heterocycles. The summed E-state index contributed by atoms with van der Waals surface area (Å²) in [6.45, 7) is 1.95. The molecule has 0 aliphatic heterocycles. The number of hydrogen-bond donors (Lipinski definition) is 2. The lowest BCUT2D eigenvalue weighted by Crippen LogP contribution is -2.14. The number of aromatic nitrogens is 1. The number of hydrogen-bond acceptors (Lipinski definition) is 4. The van der Waals surface area contributed by atoms with E-state index in [4.69, 9.17) is 17.3 Å². The third-order valence-corrected chi connectivity index (χ3v) is 3.82. The Morgan fingerprint density at radius 1 is 1.40 bits per heavy atom. The van der Waals surface area contributed by atoms with E-state index in [1.165, 1.54) is 11.8 Å². The van der Waals surface area contributed by atoms with Gasteiger partial charge in [-0.3, -0.25) is 4.79 Å². The van der Waals surface area contributed by atoms with Crippen molar-refractivity contribution in [1.29, 1.82) is 0 Å². The first-order valence-electron chi connectivity index (χ1n) is 5.95. The number of nitrogen functional groups attached to an aromatic ring is 1. The standard InChI is InChI=1S/C14H14ClN3OS/c1-9-2-4-12(11(15)6-9)18-14(19)8-20-10-3-5-13(16)17-7-10/h2-7H,8H2,1H3,(H2,16,17)(H,18,19).